The Hall–Kier alpha value is -2.31. The van der Waals surface area contributed by atoms with E-state index in [1.165, 1.54) is 14.2 Å². The van der Waals surface area contributed by atoms with E-state index in [0.29, 0.717) is 29.5 Å². The summed E-state index contributed by atoms with van der Waals surface area (Å²) in [5, 5.41) is 2.71. The van der Waals surface area contributed by atoms with E-state index in [2.05, 4.69) is 5.32 Å². The number of halogens is 1. The van der Waals surface area contributed by atoms with Crippen LogP contribution in [0.4, 0.5) is 4.39 Å². The van der Waals surface area contributed by atoms with Crippen molar-refractivity contribution in [3.05, 3.63) is 23.8 Å². The molecule has 1 N–H and O–H groups in total. The Labute approximate surface area is 152 Å². The zero-order chi connectivity index (χ0) is 18.7. The first-order valence-electron chi connectivity index (χ1n) is 8.95. The molecular weight excluding hydrogens is 339 g/mol. The first-order valence-corrected chi connectivity index (χ1v) is 8.95. The minimum Gasteiger partial charge on any atom is -0.497 e. The smallest absolute Gasteiger partial charge is 0.257 e. The molecule has 0 aromatic heterocycles. The predicted molar refractivity (Wildman–Crippen MR) is 94.3 cm³/mol. The number of hydrogen-bond donors (Lipinski definition) is 1. The summed E-state index contributed by atoms with van der Waals surface area (Å²) >= 11 is 0. The summed E-state index contributed by atoms with van der Waals surface area (Å²) in [6.07, 6.45) is 2.22. The topological polar surface area (TPSA) is 67.9 Å². The molecule has 1 heterocycles. The van der Waals surface area contributed by atoms with Crippen molar-refractivity contribution in [2.24, 2.45) is 5.92 Å². The van der Waals surface area contributed by atoms with Crippen LogP contribution in [-0.4, -0.2) is 56.2 Å². The molecule has 1 saturated heterocycles. The zero-order valence-corrected chi connectivity index (χ0v) is 15.2. The highest BCUT2D eigenvalue weighted by molar-refractivity contribution is 5.97. The molecule has 2 aliphatic rings. The second-order valence-electron chi connectivity index (χ2n) is 6.98. The summed E-state index contributed by atoms with van der Waals surface area (Å²) in [7, 11) is 3.02. The van der Waals surface area contributed by atoms with Gasteiger partial charge < -0.3 is 19.7 Å². The number of nitrogens with zero attached hydrogens (tertiary/aromatic N) is 1. The molecule has 1 aliphatic carbocycles. The number of alkyl halides is 1. The van der Waals surface area contributed by atoms with Gasteiger partial charge in [0.1, 0.15) is 11.5 Å². The lowest BCUT2D eigenvalue weighted by Crippen LogP contribution is -2.52. The maximum Gasteiger partial charge on any atom is 0.257 e. The third-order valence-corrected chi connectivity index (χ3v) is 5.14. The van der Waals surface area contributed by atoms with Crippen LogP contribution in [0.3, 0.4) is 0 Å². The van der Waals surface area contributed by atoms with E-state index < -0.39 is 11.6 Å². The molecule has 0 unspecified atom stereocenters. The van der Waals surface area contributed by atoms with Gasteiger partial charge in [-0.25, -0.2) is 4.39 Å². The minimum atomic E-state index is -1.89. The molecule has 1 aliphatic heterocycles. The van der Waals surface area contributed by atoms with Gasteiger partial charge in [-0.3, -0.25) is 9.59 Å². The van der Waals surface area contributed by atoms with Crippen LogP contribution in [0.15, 0.2) is 18.2 Å². The fourth-order valence-corrected chi connectivity index (χ4v) is 3.15. The fraction of sp³-hybridized carbons (Fsp3) is 0.579. The minimum absolute atomic E-state index is 0.00765. The van der Waals surface area contributed by atoms with Gasteiger partial charge >= 0.3 is 0 Å². The molecule has 0 bridgehead atoms. The first kappa shape index (κ1) is 18.5. The van der Waals surface area contributed by atoms with Crippen molar-refractivity contribution in [1.82, 2.24) is 10.2 Å². The Kier molecular flexibility index (Phi) is 5.34. The molecule has 7 heteroatoms. The zero-order valence-electron chi connectivity index (χ0n) is 15.2. The van der Waals surface area contributed by atoms with Crippen LogP contribution in [0.1, 0.15) is 36.0 Å². The van der Waals surface area contributed by atoms with Crippen molar-refractivity contribution in [3.8, 4) is 11.5 Å². The number of carbonyl (C=O) groups excluding carboxylic acids is 2. The number of rotatable bonds is 6. The number of benzene rings is 1. The van der Waals surface area contributed by atoms with Gasteiger partial charge in [-0.05, 0) is 30.9 Å². The van der Waals surface area contributed by atoms with Crippen LogP contribution in [0.2, 0.25) is 0 Å². The molecule has 0 atom stereocenters. The normalized spacial score (nSPS) is 19.0. The number of carbonyl (C=O) groups is 2. The van der Waals surface area contributed by atoms with Gasteiger partial charge in [0.25, 0.3) is 11.8 Å². The van der Waals surface area contributed by atoms with Crippen LogP contribution >= 0.6 is 0 Å². The molecule has 0 spiro atoms. The highest BCUT2D eigenvalue weighted by atomic mass is 19.1. The van der Waals surface area contributed by atoms with Crippen LogP contribution in [0.25, 0.3) is 0 Å². The van der Waals surface area contributed by atoms with Crippen molar-refractivity contribution in [2.45, 2.75) is 31.4 Å². The highest BCUT2D eigenvalue weighted by Gasteiger charge is 2.43. The van der Waals surface area contributed by atoms with Crippen LogP contribution in [0, 0.1) is 5.92 Å². The van der Waals surface area contributed by atoms with Crippen molar-refractivity contribution in [1.29, 1.82) is 0 Å². The Balaban J connectivity index is 1.61. The van der Waals surface area contributed by atoms with E-state index in [-0.39, 0.29) is 31.8 Å². The van der Waals surface area contributed by atoms with Gasteiger partial charge in [0.15, 0.2) is 5.67 Å². The quantitative estimate of drug-likeness (QED) is 0.840. The number of methoxy groups -OCH3 is 2. The third-order valence-electron chi connectivity index (χ3n) is 5.14. The molecule has 26 heavy (non-hydrogen) atoms. The van der Waals surface area contributed by atoms with Crippen LogP contribution < -0.4 is 14.8 Å². The van der Waals surface area contributed by atoms with Gasteiger partial charge in [0.2, 0.25) is 0 Å². The summed E-state index contributed by atoms with van der Waals surface area (Å²) in [5.74, 6) is 0.732. The monoisotopic (exact) mass is 364 g/mol. The number of piperidine rings is 1. The molecule has 142 valence electrons. The Morgan fingerprint density at radius 3 is 2.50 bits per heavy atom. The highest BCUT2D eigenvalue weighted by Crippen LogP contribution is 2.32. The number of amides is 2. The third kappa shape index (κ3) is 3.92. The number of nitrogens with one attached hydrogen (secondary N) is 1. The molecule has 1 saturated carbocycles. The second-order valence-corrected chi connectivity index (χ2v) is 6.98. The average Bonchev–Trinajstić information content (AvgIpc) is 3.50. The summed E-state index contributed by atoms with van der Waals surface area (Å²) in [6, 6.07) is 4.96. The molecule has 2 fully saturated rings. The summed E-state index contributed by atoms with van der Waals surface area (Å²) < 4.78 is 25.3. The number of likely N-dealkylation sites (tertiary alicyclic amines) is 1. The van der Waals surface area contributed by atoms with Gasteiger partial charge in [-0.2, -0.15) is 0 Å². The van der Waals surface area contributed by atoms with E-state index in [9.17, 15) is 14.0 Å². The van der Waals surface area contributed by atoms with E-state index >= 15 is 0 Å². The van der Waals surface area contributed by atoms with Gasteiger partial charge in [-0.1, -0.05) is 0 Å². The molecule has 1 aromatic rings. The van der Waals surface area contributed by atoms with Crippen LogP contribution in [-0.2, 0) is 4.79 Å². The number of hydrogen-bond acceptors (Lipinski definition) is 4. The SMILES string of the molecule is COc1ccc(C(=O)N2CCC(F)(C(=O)NCC3CC3)CC2)c(OC)c1. The summed E-state index contributed by atoms with van der Waals surface area (Å²) in [4.78, 5) is 26.5. The average molecular weight is 364 g/mol. The van der Waals surface area contributed by atoms with Crippen molar-refractivity contribution >= 4 is 11.8 Å². The van der Waals surface area contributed by atoms with Gasteiger partial charge in [-0.15, -0.1) is 0 Å². The van der Waals surface area contributed by atoms with Crippen LogP contribution in [0.5, 0.6) is 11.5 Å². The van der Waals surface area contributed by atoms with E-state index in [1.807, 2.05) is 0 Å². The Morgan fingerprint density at radius 1 is 1.23 bits per heavy atom. The van der Waals surface area contributed by atoms with E-state index in [1.54, 1.807) is 23.1 Å². The van der Waals surface area contributed by atoms with Gasteiger partial charge in [0.05, 0.1) is 19.8 Å². The Bertz CT molecular complexity index is 682. The largest absolute Gasteiger partial charge is 0.497 e. The number of ether oxygens (including phenoxy) is 2. The second kappa shape index (κ2) is 7.51. The van der Waals surface area contributed by atoms with E-state index in [0.717, 1.165) is 12.8 Å². The standard InChI is InChI=1S/C19H25FN2O4/c1-25-14-5-6-15(16(11-14)26-2)17(23)22-9-7-19(20,8-10-22)18(24)21-12-13-3-4-13/h5-6,11,13H,3-4,7-10,12H2,1-2H3,(H,21,24). The molecular formula is C19H25FN2O4. The maximum absolute atomic E-state index is 14.9. The summed E-state index contributed by atoms with van der Waals surface area (Å²) in [5.41, 5.74) is -1.49. The lowest BCUT2D eigenvalue weighted by atomic mass is 9.92. The lowest BCUT2D eigenvalue weighted by molar-refractivity contribution is -0.135. The fourth-order valence-electron chi connectivity index (χ4n) is 3.15. The molecule has 3 rings (SSSR count). The van der Waals surface area contributed by atoms with Crippen molar-refractivity contribution in [2.75, 3.05) is 33.9 Å². The molecule has 6 nitrogen and oxygen atoms in total. The molecule has 1 aromatic carbocycles. The first-order chi connectivity index (χ1) is 12.5. The lowest BCUT2D eigenvalue weighted by Gasteiger charge is -2.35. The Morgan fingerprint density at radius 2 is 1.92 bits per heavy atom. The van der Waals surface area contributed by atoms with Crippen molar-refractivity contribution < 1.29 is 23.5 Å². The maximum atomic E-state index is 14.9. The van der Waals surface area contributed by atoms with Gasteiger partial charge in [0, 0.05) is 38.5 Å². The predicted octanol–water partition coefficient (Wildman–Crippen LogP) is 2.17. The molecule has 0 radical (unpaired) electrons. The van der Waals surface area contributed by atoms with Crippen molar-refractivity contribution in [3.63, 3.8) is 0 Å². The summed E-state index contributed by atoms with van der Waals surface area (Å²) in [6.45, 7) is 0.943. The molecule has 2 amide bonds. The van der Waals surface area contributed by atoms with E-state index in [4.69, 9.17) is 9.47 Å².